The normalized spacial score (nSPS) is 13.9. The molecule has 1 aromatic carbocycles. The topological polar surface area (TPSA) is 101 Å². The van der Waals surface area contributed by atoms with Crippen LogP contribution in [0.15, 0.2) is 35.0 Å². The highest BCUT2D eigenvalue weighted by molar-refractivity contribution is 7.89. The fraction of sp³-hybridized carbons (Fsp3) is 0.421. The third kappa shape index (κ3) is 5.23. The zero-order valence-corrected chi connectivity index (χ0v) is 18.4. The largest absolute Gasteiger partial charge is 0.387 e. The summed E-state index contributed by atoms with van der Waals surface area (Å²) in [5.74, 6) is -0.440. The number of nitrogens with zero attached hydrogens (tertiary/aromatic N) is 3. The van der Waals surface area contributed by atoms with Gasteiger partial charge in [-0.15, -0.1) is 0 Å². The molecule has 0 aliphatic heterocycles. The van der Waals surface area contributed by atoms with Crippen LogP contribution < -0.4 is 5.73 Å². The highest BCUT2D eigenvalue weighted by atomic mass is 35.5. The van der Waals surface area contributed by atoms with E-state index in [0.29, 0.717) is 17.8 Å². The molecule has 2 rings (SSSR count). The lowest BCUT2D eigenvalue weighted by atomic mass is 10.0. The number of allylic oxidation sites excluding steroid dienone is 1. The summed E-state index contributed by atoms with van der Waals surface area (Å²) in [7, 11) is -0.785. The number of hydrogen-bond donors (Lipinski definition) is 2. The maximum Gasteiger partial charge on any atom is 0.244 e. The number of aromatic nitrogens is 2. The predicted octanol–water partition coefficient (Wildman–Crippen LogP) is 2.55. The van der Waals surface area contributed by atoms with Crippen LogP contribution in [0.2, 0.25) is 5.02 Å². The Morgan fingerprint density at radius 1 is 1.45 bits per heavy atom. The molecule has 0 spiro atoms. The number of benzene rings is 1. The molecule has 10 heteroatoms. The molecule has 1 heterocycles. The fourth-order valence-electron chi connectivity index (χ4n) is 3.04. The summed E-state index contributed by atoms with van der Waals surface area (Å²) in [6, 6.07) is 4.70. The van der Waals surface area contributed by atoms with Crippen LogP contribution in [0.4, 0.5) is 4.39 Å². The molecule has 0 aliphatic rings. The second-order valence-electron chi connectivity index (χ2n) is 6.90. The summed E-state index contributed by atoms with van der Waals surface area (Å²) in [4.78, 5) is 0.0186. The van der Waals surface area contributed by atoms with Gasteiger partial charge >= 0.3 is 0 Å². The molecule has 29 heavy (non-hydrogen) atoms. The number of hydrogen-bond acceptors (Lipinski definition) is 5. The van der Waals surface area contributed by atoms with Gasteiger partial charge < -0.3 is 10.8 Å². The van der Waals surface area contributed by atoms with E-state index in [4.69, 9.17) is 17.3 Å². The average molecular weight is 445 g/mol. The molecule has 3 N–H and O–H groups in total. The van der Waals surface area contributed by atoms with E-state index in [-0.39, 0.29) is 23.0 Å². The van der Waals surface area contributed by atoms with Crippen molar-refractivity contribution in [3.05, 3.63) is 57.6 Å². The van der Waals surface area contributed by atoms with E-state index in [1.165, 1.54) is 30.9 Å². The van der Waals surface area contributed by atoms with E-state index in [1.54, 1.807) is 26.0 Å². The van der Waals surface area contributed by atoms with Crippen molar-refractivity contribution in [3.63, 3.8) is 0 Å². The first-order valence-electron chi connectivity index (χ1n) is 8.98. The molecule has 1 atom stereocenters. The fourth-order valence-corrected chi connectivity index (χ4v) is 4.48. The SMILES string of the molecule is Cc1nn(C/C(F)=C/CN)c([C@@H](C)O)c1Cc1ccc(S(=O)(=O)N(C)C)c(Cl)c1. The van der Waals surface area contributed by atoms with Crippen molar-refractivity contribution < 1.29 is 17.9 Å². The molecule has 0 amide bonds. The van der Waals surface area contributed by atoms with Gasteiger partial charge in [0.05, 0.1) is 29.1 Å². The number of rotatable bonds is 8. The molecule has 0 aliphatic carbocycles. The first kappa shape index (κ1) is 23.5. The number of sulfonamides is 1. The second kappa shape index (κ2) is 9.36. The minimum absolute atomic E-state index is 0.0186. The highest BCUT2D eigenvalue weighted by Crippen LogP contribution is 2.29. The molecular weight excluding hydrogens is 419 g/mol. The van der Waals surface area contributed by atoms with Crippen LogP contribution in [0.3, 0.4) is 0 Å². The second-order valence-corrected chi connectivity index (χ2v) is 9.43. The van der Waals surface area contributed by atoms with E-state index < -0.39 is 22.0 Å². The molecular formula is C19H26ClFN4O3S. The minimum atomic E-state index is -3.66. The summed E-state index contributed by atoms with van der Waals surface area (Å²) in [5.41, 5.74) is 7.95. The minimum Gasteiger partial charge on any atom is -0.387 e. The van der Waals surface area contributed by atoms with Crippen molar-refractivity contribution >= 4 is 21.6 Å². The van der Waals surface area contributed by atoms with Crippen molar-refractivity contribution in [2.45, 2.75) is 37.8 Å². The smallest absolute Gasteiger partial charge is 0.244 e. The third-order valence-corrected chi connectivity index (χ3v) is 6.76. The Balaban J connectivity index is 2.43. The van der Waals surface area contributed by atoms with Crippen LogP contribution in [0.5, 0.6) is 0 Å². The van der Waals surface area contributed by atoms with Gasteiger partial charge in [-0.05, 0) is 37.6 Å². The van der Waals surface area contributed by atoms with Crippen molar-refractivity contribution in [2.24, 2.45) is 5.73 Å². The van der Waals surface area contributed by atoms with Crippen LogP contribution >= 0.6 is 11.6 Å². The Labute approximate surface area is 175 Å². The monoisotopic (exact) mass is 444 g/mol. The molecule has 2 aromatic rings. The summed E-state index contributed by atoms with van der Waals surface area (Å²) in [6.45, 7) is 3.30. The quantitative estimate of drug-likeness (QED) is 0.651. The standard InChI is InChI=1S/C19H26ClFN4O3S/c1-12-16(19(13(2)26)25(23-12)11-15(21)7-8-22)9-14-5-6-18(17(20)10-14)29(27,28)24(3)4/h5-7,10,13,26H,8-9,11,22H2,1-4H3/b15-7-/t13-/m1/s1. The number of aryl methyl sites for hydroxylation is 1. The van der Waals surface area contributed by atoms with E-state index in [9.17, 15) is 17.9 Å². The van der Waals surface area contributed by atoms with Crippen molar-refractivity contribution in [1.29, 1.82) is 0 Å². The Hall–Kier alpha value is -1.78. The van der Waals surface area contributed by atoms with Gasteiger partial charge in [0, 0.05) is 32.6 Å². The van der Waals surface area contributed by atoms with Gasteiger partial charge in [-0.25, -0.2) is 17.1 Å². The van der Waals surface area contributed by atoms with Crippen molar-refractivity contribution in [2.75, 3.05) is 20.6 Å². The first-order chi connectivity index (χ1) is 13.5. The molecule has 0 radical (unpaired) electrons. The highest BCUT2D eigenvalue weighted by Gasteiger charge is 2.23. The zero-order chi connectivity index (χ0) is 21.9. The van der Waals surface area contributed by atoms with E-state index >= 15 is 0 Å². The van der Waals surface area contributed by atoms with Crippen LogP contribution in [-0.2, 0) is 23.0 Å². The summed E-state index contributed by atoms with van der Waals surface area (Å²) < 4.78 is 41.1. The van der Waals surface area contributed by atoms with Gasteiger partial charge in [-0.3, -0.25) is 4.68 Å². The third-order valence-electron chi connectivity index (χ3n) is 4.47. The van der Waals surface area contributed by atoms with E-state index in [2.05, 4.69) is 5.10 Å². The Morgan fingerprint density at radius 2 is 2.10 bits per heavy atom. The lowest BCUT2D eigenvalue weighted by Crippen LogP contribution is -2.22. The molecule has 1 aromatic heterocycles. The van der Waals surface area contributed by atoms with Gasteiger partial charge in [0.1, 0.15) is 10.7 Å². The van der Waals surface area contributed by atoms with E-state index in [0.717, 1.165) is 15.4 Å². The first-order valence-corrected chi connectivity index (χ1v) is 10.8. The predicted molar refractivity (Wildman–Crippen MR) is 111 cm³/mol. The molecule has 160 valence electrons. The number of aliphatic hydroxyl groups excluding tert-OH is 1. The molecule has 0 unspecified atom stereocenters. The van der Waals surface area contributed by atoms with Gasteiger partial charge in [-0.2, -0.15) is 5.10 Å². The Bertz CT molecular complexity index is 1020. The van der Waals surface area contributed by atoms with Crippen molar-refractivity contribution in [3.8, 4) is 0 Å². The van der Waals surface area contributed by atoms with Crippen LogP contribution in [0, 0.1) is 6.92 Å². The number of aliphatic hydroxyl groups is 1. The maximum absolute atomic E-state index is 13.9. The van der Waals surface area contributed by atoms with Crippen molar-refractivity contribution in [1.82, 2.24) is 14.1 Å². The van der Waals surface area contributed by atoms with Gasteiger partial charge in [0.15, 0.2) is 0 Å². The molecule has 0 saturated heterocycles. The molecule has 0 fully saturated rings. The lowest BCUT2D eigenvalue weighted by Gasteiger charge is -2.14. The lowest BCUT2D eigenvalue weighted by molar-refractivity contribution is 0.186. The van der Waals surface area contributed by atoms with Crippen LogP contribution in [0.25, 0.3) is 0 Å². The maximum atomic E-state index is 13.9. The molecule has 0 saturated carbocycles. The summed E-state index contributed by atoms with van der Waals surface area (Å²) in [6.07, 6.45) is 0.739. The van der Waals surface area contributed by atoms with Gasteiger partial charge in [-0.1, -0.05) is 17.7 Å². The van der Waals surface area contributed by atoms with Crippen LogP contribution in [0.1, 0.15) is 35.5 Å². The van der Waals surface area contributed by atoms with Crippen LogP contribution in [-0.4, -0.2) is 48.3 Å². The van der Waals surface area contributed by atoms with Gasteiger partial charge in [0.2, 0.25) is 10.0 Å². The van der Waals surface area contributed by atoms with Gasteiger partial charge in [0.25, 0.3) is 0 Å². The molecule has 7 nitrogen and oxygen atoms in total. The Kier molecular flexibility index (Phi) is 7.58. The summed E-state index contributed by atoms with van der Waals surface area (Å²) in [5, 5.41) is 14.7. The average Bonchev–Trinajstić information content (AvgIpc) is 2.89. The zero-order valence-electron chi connectivity index (χ0n) is 16.9. The Morgan fingerprint density at radius 3 is 2.62 bits per heavy atom. The summed E-state index contributed by atoms with van der Waals surface area (Å²) >= 11 is 6.23. The van der Waals surface area contributed by atoms with E-state index in [1.807, 2.05) is 0 Å². The number of nitrogens with two attached hydrogens (primary N) is 1. The molecule has 0 bridgehead atoms. The number of halogens is 2.